The molecule has 1 amide bonds. The molecule has 1 saturated heterocycles. The van der Waals surface area contributed by atoms with Gasteiger partial charge in [-0.1, -0.05) is 13.3 Å². The smallest absolute Gasteiger partial charge is 0.256 e. The first-order valence-corrected chi connectivity index (χ1v) is 12.6. The van der Waals surface area contributed by atoms with Crippen LogP contribution in [0, 0.1) is 17.2 Å². The average molecular weight is 444 g/mol. The zero-order valence-electron chi connectivity index (χ0n) is 17.0. The van der Waals surface area contributed by atoms with Crippen LogP contribution in [0.1, 0.15) is 59.0 Å². The number of nitrogens with one attached hydrogen (secondary N) is 1. The molecule has 1 aromatic carbocycles. The first-order valence-electron chi connectivity index (χ1n) is 10.4. The molecule has 1 N–H and O–H groups in total. The quantitative estimate of drug-likeness (QED) is 0.768. The first-order chi connectivity index (χ1) is 14.4. The van der Waals surface area contributed by atoms with Crippen molar-refractivity contribution in [3.05, 3.63) is 45.8 Å². The number of hydrogen-bond donors (Lipinski definition) is 1. The summed E-state index contributed by atoms with van der Waals surface area (Å²) in [6.45, 7) is 3.27. The van der Waals surface area contributed by atoms with Crippen LogP contribution in [-0.4, -0.2) is 31.7 Å². The van der Waals surface area contributed by atoms with Gasteiger partial charge in [0.1, 0.15) is 11.1 Å². The number of anilines is 1. The first kappa shape index (κ1) is 21.0. The Labute approximate surface area is 181 Å². The van der Waals surface area contributed by atoms with Crippen LogP contribution in [0.3, 0.4) is 0 Å². The second-order valence-corrected chi connectivity index (χ2v) is 11.2. The van der Waals surface area contributed by atoms with E-state index in [1.165, 1.54) is 44.8 Å². The fourth-order valence-corrected chi connectivity index (χ4v) is 6.88. The van der Waals surface area contributed by atoms with Crippen molar-refractivity contribution < 1.29 is 13.2 Å². The molecular formula is C22H25N3O3S2. The van der Waals surface area contributed by atoms with Gasteiger partial charge in [0.25, 0.3) is 5.91 Å². The fourth-order valence-electron chi connectivity index (χ4n) is 4.17. The van der Waals surface area contributed by atoms with Gasteiger partial charge in [-0.25, -0.2) is 8.42 Å². The molecule has 4 rings (SSSR count). The standard InChI is InChI=1S/C22H25N3O3S2/c1-15-5-10-20-18(13-15)19(14-23)22(29-20)24-21(26)16-6-8-17(9-7-16)30(27,28)25-11-3-2-4-12-25/h6-9,15H,2-5,10-13H2,1H3,(H,24,26)/t15-/m0/s1. The Balaban J connectivity index is 1.52. The molecule has 1 fully saturated rings. The second-order valence-electron chi connectivity index (χ2n) is 8.11. The molecule has 0 unspecified atom stereocenters. The summed E-state index contributed by atoms with van der Waals surface area (Å²) in [6.07, 6.45) is 5.72. The van der Waals surface area contributed by atoms with E-state index in [1.54, 1.807) is 0 Å². The number of piperidine rings is 1. The minimum absolute atomic E-state index is 0.208. The van der Waals surface area contributed by atoms with Gasteiger partial charge in [0, 0.05) is 23.5 Å². The average Bonchev–Trinajstić information content (AvgIpc) is 3.10. The Kier molecular flexibility index (Phi) is 5.96. The van der Waals surface area contributed by atoms with Crippen molar-refractivity contribution in [2.75, 3.05) is 18.4 Å². The van der Waals surface area contributed by atoms with E-state index >= 15 is 0 Å². The fraction of sp³-hybridized carbons (Fsp3) is 0.455. The Bertz CT molecular complexity index is 1090. The summed E-state index contributed by atoms with van der Waals surface area (Å²) in [4.78, 5) is 14.1. The molecule has 0 radical (unpaired) electrons. The molecule has 0 bridgehead atoms. The van der Waals surface area contributed by atoms with E-state index in [2.05, 4.69) is 18.3 Å². The van der Waals surface area contributed by atoms with E-state index in [1.807, 2.05) is 0 Å². The van der Waals surface area contributed by atoms with Gasteiger partial charge in [0.05, 0.1) is 10.5 Å². The summed E-state index contributed by atoms with van der Waals surface area (Å²) >= 11 is 1.48. The number of benzene rings is 1. The molecule has 8 heteroatoms. The van der Waals surface area contributed by atoms with E-state index in [0.717, 1.165) is 44.1 Å². The van der Waals surface area contributed by atoms with Gasteiger partial charge >= 0.3 is 0 Å². The highest BCUT2D eigenvalue weighted by Crippen LogP contribution is 2.39. The Morgan fingerprint density at radius 3 is 2.57 bits per heavy atom. The molecule has 1 aliphatic heterocycles. The third kappa shape index (κ3) is 4.02. The topological polar surface area (TPSA) is 90.3 Å². The number of fused-ring (bicyclic) bond motifs is 1. The number of carbonyl (C=O) groups is 1. The molecule has 1 aromatic heterocycles. The van der Waals surface area contributed by atoms with E-state index in [4.69, 9.17) is 0 Å². The van der Waals surface area contributed by atoms with Gasteiger partial charge in [-0.2, -0.15) is 9.57 Å². The lowest BCUT2D eigenvalue weighted by Crippen LogP contribution is -2.35. The van der Waals surface area contributed by atoms with Crippen LogP contribution >= 0.6 is 11.3 Å². The van der Waals surface area contributed by atoms with Crippen molar-refractivity contribution in [3.63, 3.8) is 0 Å². The summed E-state index contributed by atoms with van der Waals surface area (Å²) in [5, 5.41) is 13.1. The number of rotatable bonds is 4. The monoisotopic (exact) mass is 443 g/mol. The van der Waals surface area contributed by atoms with Crippen LogP contribution in [0.5, 0.6) is 0 Å². The summed E-state index contributed by atoms with van der Waals surface area (Å²) in [7, 11) is -3.52. The highest BCUT2D eigenvalue weighted by atomic mass is 32.2. The van der Waals surface area contributed by atoms with Gasteiger partial charge in [0.2, 0.25) is 10.0 Å². The van der Waals surface area contributed by atoms with Gasteiger partial charge in [-0.3, -0.25) is 4.79 Å². The molecule has 158 valence electrons. The third-order valence-corrected chi connectivity index (χ3v) is 9.04. The SMILES string of the molecule is C[C@H]1CCc2sc(NC(=O)c3ccc(S(=O)(=O)N4CCCCC4)cc3)c(C#N)c2C1. The minimum Gasteiger partial charge on any atom is -0.312 e. The number of thiophene rings is 1. The maximum Gasteiger partial charge on any atom is 0.256 e. The summed E-state index contributed by atoms with van der Waals surface area (Å²) in [5.74, 6) is 0.206. The van der Waals surface area contributed by atoms with Crippen molar-refractivity contribution in [3.8, 4) is 6.07 Å². The van der Waals surface area contributed by atoms with Crippen molar-refractivity contribution in [1.82, 2.24) is 4.31 Å². The molecule has 0 spiro atoms. The summed E-state index contributed by atoms with van der Waals surface area (Å²) in [6, 6.07) is 8.31. The molecule has 2 aliphatic rings. The van der Waals surface area contributed by atoms with Crippen molar-refractivity contribution in [2.24, 2.45) is 5.92 Å². The van der Waals surface area contributed by atoms with Crippen LogP contribution in [-0.2, 0) is 22.9 Å². The van der Waals surface area contributed by atoms with Crippen LogP contribution in [0.2, 0.25) is 0 Å². The molecule has 0 saturated carbocycles. The zero-order valence-corrected chi connectivity index (χ0v) is 18.6. The number of aryl methyl sites for hydroxylation is 1. The van der Waals surface area contributed by atoms with Gasteiger partial charge in [-0.15, -0.1) is 11.3 Å². The van der Waals surface area contributed by atoms with Crippen LogP contribution in [0.25, 0.3) is 0 Å². The predicted octanol–water partition coefficient (Wildman–Crippen LogP) is 4.17. The van der Waals surface area contributed by atoms with Crippen LogP contribution in [0.4, 0.5) is 5.00 Å². The molecule has 30 heavy (non-hydrogen) atoms. The lowest BCUT2D eigenvalue weighted by atomic mass is 9.88. The van der Waals surface area contributed by atoms with E-state index < -0.39 is 10.0 Å². The molecular weight excluding hydrogens is 418 g/mol. The largest absolute Gasteiger partial charge is 0.312 e. The number of nitriles is 1. The Morgan fingerprint density at radius 2 is 1.90 bits per heavy atom. The number of sulfonamides is 1. The maximum absolute atomic E-state index is 12.8. The van der Waals surface area contributed by atoms with Gasteiger partial charge in [-0.05, 0) is 67.9 Å². The van der Waals surface area contributed by atoms with Crippen molar-refractivity contribution >= 4 is 32.3 Å². The van der Waals surface area contributed by atoms with Gasteiger partial charge < -0.3 is 5.32 Å². The lowest BCUT2D eigenvalue weighted by molar-refractivity contribution is 0.102. The predicted molar refractivity (Wildman–Crippen MR) is 117 cm³/mol. The minimum atomic E-state index is -3.52. The zero-order chi connectivity index (χ0) is 21.3. The maximum atomic E-state index is 12.8. The molecule has 6 nitrogen and oxygen atoms in total. The molecule has 1 aliphatic carbocycles. The van der Waals surface area contributed by atoms with Crippen molar-refractivity contribution in [1.29, 1.82) is 5.26 Å². The second kappa shape index (κ2) is 8.50. The van der Waals surface area contributed by atoms with E-state index in [-0.39, 0.29) is 10.8 Å². The lowest BCUT2D eigenvalue weighted by Gasteiger charge is -2.25. The number of hydrogen-bond acceptors (Lipinski definition) is 5. The third-order valence-electron chi connectivity index (χ3n) is 5.92. The highest BCUT2D eigenvalue weighted by Gasteiger charge is 2.27. The molecule has 2 heterocycles. The number of carbonyl (C=O) groups excluding carboxylic acids is 1. The molecule has 2 aromatic rings. The van der Waals surface area contributed by atoms with E-state index in [9.17, 15) is 18.5 Å². The van der Waals surface area contributed by atoms with Crippen LogP contribution in [0.15, 0.2) is 29.2 Å². The Hall–Kier alpha value is -2.21. The normalized spacial score (nSPS) is 19.7. The van der Waals surface area contributed by atoms with Crippen molar-refractivity contribution in [2.45, 2.75) is 50.3 Å². The van der Waals surface area contributed by atoms with Gasteiger partial charge in [0.15, 0.2) is 0 Å². The number of nitrogens with zero attached hydrogens (tertiary/aromatic N) is 2. The summed E-state index contributed by atoms with van der Waals surface area (Å²) in [5.41, 5.74) is 2.01. The Morgan fingerprint density at radius 1 is 1.20 bits per heavy atom. The summed E-state index contributed by atoms with van der Waals surface area (Å²) < 4.78 is 27.1. The number of amides is 1. The highest BCUT2D eigenvalue weighted by molar-refractivity contribution is 7.89. The molecule has 1 atom stereocenters. The van der Waals surface area contributed by atoms with Crippen LogP contribution < -0.4 is 5.32 Å². The van der Waals surface area contributed by atoms with E-state index in [0.29, 0.717) is 35.1 Å².